The van der Waals surface area contributed by atoms with Crippen molar-refractivity contribution in [3.63, 3.8) is 0 Å². The normalized spacial score (nSPS) is 36.3. The summed E-state index contributed by atoms with van der Waals surface area (Å²) in [5.41, 5.74) is 0. The van der Waals surface area contributed by atoms with Crippen LogP contribution in [0.25, 0.3) is 0 Å². The number of hydrogen-bond donors (Lipinski definition) is 0. The van der Waals surface area contributed by atoms with Gasteiger partial charge in [0.1, 0.15) is 0 Å². The van der Waals surface area contributed by atoms with Gasteiger partial charge in [0.15, 0.2) is 0 Å². The monoisotopic (exact) mass is 141 g/mol. The molecule has 0 aromatic rings. The Bertz CT molecular complexity index is 90.9. The van der Waals surface area contributed by atoms with Crippen LogP contribution in [0.2, 0.25) is 0 Å². The average Bonchev–Trinajstić information content (AvgIpc) is 1.88. The minimum Gasteiger partial charge on any atom is -0.298 e. The molecule has 1 rings (SSSR count). The van der Waals surface area contributed by atoms with Crippen LogP contribution in [0.15, 0.2) is 0 Å². The predicted octanol–water partition coefficient (Wildman–Crippen LogP) is 2.27. The molecule has 1 nitrogen and oxygen atoms in total. The van der Waals surface area contributed by atoms with Crippen molar-refractivity contribution in [1.29, 1.82) is 0 Å². The van der Waals surface area contributed by atoms with Crippen LogP contribution >= 0.6 is 0 Å². The number of piperidine rings is 1. The summed E-state index contributed by atoms with van der Waals surface area (Å²) in [6.45, 7) is 8.18. The molecule has 0 N–H and O–H groups in total. The molecule has 0 saturated carbocycles. The van der Waals surface area contributed by atoms with E-state index in [-0.39, 0.29) is 0 Å². The Morgan fingerprint density at radius 3 is 2.00 bits per heavy atom. The van der Waals surface area contributed by atoms with Gasteiger partial charge in [-0.2, -0.15) is 0 Å². The molecule has 0 radical (unpaired) electrons. The fourth-order valence-corrected chi connectivity index (χ4v) is 2.10. The summed E-state index contributed by atoms with van der Waals surface area (Å²) in [5, 5.41) is 0. The molecule has 0 bridgehead atoms. The number of likely N-dealkylation sites (tertiary alicyclic amines) is 1. The van der Waals surface area contributed by atoms with E-state index >= 15 is 0 Å². The molecule has 2 atom stereocenters. The summed E-state index contributed by atoms with van der Waals surface area (Å²) >= 11 is 0. The summed E-state index contributed by atoms with van der Waals surface area (Å²) < 4.78 is 0. The van der Waals surface area contributed by atoms with E-state index in [1.54, 1.807) is 0 Å². The maximum absolute atomic E-state index is 2.60. The Morgan fingerprint density at radius 2 is 1.70 bits per heavy atom. The van der Waals surface area contributed by atoms with E-state index in [0.29, 0.717) is 0 Å². The summed E-state index contributed by atoms with van der Waals surface area (Å²) in [6.07, 6.45) is 4.23. The molecule has 1 saturated heterocycles. The third-order valence-electron chi connectivity index (χ3n) is 2.74. The lowest BCUT2D eigenvalue weighted by Crippen LogP contribution is -2.43. The van der Waals surface area contributed by atoms with Gasteiger partial charge in [-0.05, 0) is 33.2 Å². The van der Waals surface area contributed by atoms with Gasteiger partial charge in [-0.3, -0.25) is 4.90 Å². The Balaban J connectivity index is 2.45. The van der Waals surface area contributed by atoms with E-state index in [9.17, 15) is 0 Å². The molecule has 0 aliphatic carbocycles. The number of rotatable bonds is 1. The molecule has 0 aromatic carbocycles. The molecule has 1 heteroatoms. The molecule has 0 spiro atoms. The van der Waals surface area contributed by atoms with Crippen molar-refractivity contribution in [1.82, 2.24) is 4.90 Å². The van der Waals surface area contributed by atoms with Crippen LogP contribution in [-0.4, -0.2) is 23.5 Å². The molecule has 10 heavy (non-hydrogen) atoms. The van der Waals surface area contributed by atoms with Gasteiger partial charge in [0.2, 0.25) is 0 Å². The van der Waals surface area contributed by atoms with E-state index in [2.05, 4.69) is 25.7 Å². The minimum absolute atomic E-state index is 0.828. The Labute approximate surface area is 64.4 Å². The van der Waals surface area contributed by atoms with Crippen LogP contribution in [0.4, 0.5) is 0 Å². The van der Waals surface area contributed by atoms with Gasteiger partial charge in [-0.25, -0.2) is 0 Å². The van der Waals surface area contributed by atoms with Crippen LogP contribution in [0.1, 0.15) is 40.0 Å². The Hall–Kier alpha value is -0.0400. The highest BCUT2D eigenvalue weighted by Crippen LogP contribution is 2.21. The first-order valence-corrected chi connectivity index (χ1v) is 4.51. The molecule has 1 aliphatic heterocycles. The minimum atomic E-state index is 0.828. The van der Waals surface area contributed by atoms with E-state index in [0.717, 1.165) is 12.1 Å². The molecule has 60 valence electrons. The van der Waals surface area contributed by atoms with E-state index in [1.165, 1.54) is 25.8 Å². The van der Waals surface area contributed by atoms with Crippen LogP contribution in [0.3, 0.4) is 0 Å². The molecule has 0 amide bonds. The van der Waals surface area contributed by atoms with E-state index in [1.807, 2.05) is 0 Å². The van der Waals surface area contributed by atoms with Crippen molar-refractivity contribution < 1.29 is 0 Å². The van der Waals surface area contributed by atoms with Gasteiger partial charge in [0.25, 0.3) is 0 Å². The topological polar surface area (TPSA) is 3.24 Å². The van der Waals surface area contributed by atoms with Crippen molar-refractivity contribution >= 4 is 0 Å². The largest absolute Gasteiger partial charge is 0.298 e. The van der Waals surface area contributed by atoms with Gasteiger partial charge < -0.3 is 0 Å². The molecule has 0 aromatic heterocycles. The lowest BCUT2D eigenvalue weighted by Gasteiger charge is -2.38. The SMILES string of the molecule is CCN1C(C)CCC[C@@H]1C. The van der Waals surface area contributed by atoms with Gasteiger partial charge in [-0.1, -0.05) is 13.3 Å². The molecule has 1 aliphatic rings. The zero-order valence-corrected chi connectivity index (χ0v) is 7.43. The highest BCUT2D eigenvalue weighted by Gasteiger charge is 2.22. The van der Waals surface area contributed by atoms with Crippen LogP contribution in [0.5, 0.6) is 0 Å². The zero-order valence-electron chi connectivity index (χ0n) is 7.43. The second-order valence-electron chi connectivity index (χ2n) is 3.46. The summed E-state index contributed by atoms with van der Waals surface area (Å²) in [7, 11) is 0. The van der Waals surface area contributed by atoms with E-state index in [4.69, 9.17) is 0 Å². The quantitative estimate of drug-likeness (QED) is 0.541. The second-order valence-corrected chi connectivity index (χ2v) is 3.46. The molecule has 1 unspecified atom stereocenters. The van der Waals surface area contributed by atoms with Gasteiger partial charge in [0.05, 0.1) is 0 Å². The van der Waals surface area contributed by atoms with Crippen LogP contribution in [0, 0.1) is 0 Å². The Morgan fingerprint density at radius 1 is 1.20 bits per heavy atom. The molecule has 1 fully saturated rings. The van der Waals surface area contributed by atoms with Crippen LogP contribution < -0.4 is 0 Å². The van der Waals surface area contributed by atoms with Crippen LogP contribution in [-0.2, 0) is 0 Å². The second kappa shape index (κ2) is 3.38. The lowest BCUT2D eigenvalue weighted by molar-refractivity contribution is 0.111. The molecular weight excluding hydrogens is 122 g/mol. The average molecular weight is 141 g/mol. The van der Waals surface area contributed by atoms with Crippen molar-refractivity contribution in [3.8, 4) is 0 Å². The standard InChI is InChI=1S/C9H19N/c1-4-10-8(2)6-5-7-9(10)3/h8-9H,4-7H2,1-3H3/t8-,9?/m0/s1. The molecule has 1 heterocycles. The highest BCUT2D eigenvalue weighted by molar-refractivity contribution is 4.77. The lowest BCUT2D eigenvalue weighted by atomic mass is 9.98. The first-order valence-electron chi connectivity index (χ1n) is 4.51. The van der Waals surface area contributed by atoms with Crippen molar-refractivity contribution in [2.24, 2.45) is 0 Å². The third kappa shape index (κ3) is 1.51. The Kier molecular flexibility index (Phi) is 2.72. The predicted molar refractivity (Wildman–Crippen MR) is 45.2 cm³/mol. The summed E-state index contributed by atoms with van der Waals surface area (Å²) in [6, 6.07) is 1.66. The van der Waals surface area contributed by atoms with E-state index < -0.39 is 0 Å². The van der Waals surface area contributed by atoms with Gasteiger partial charge in [-0.15, -0.1) is 0 Å². The van der Waals surface area contributed by atoms with Crippen molar-refractivity contribution in [2.45, 2.75) is 52.1 Å². The zero-order chi connectivity index (χ0) is 7.56. The number of hydrogen-bond acceptors (Lipinski definition) is 1. The third-order valence-corrected chi connectivity index (χ3v) is 2.74. The summed E-state index contributed by atoms with van der Waals surface area (Å²) in [4.78, 5) is 2.60. The first-order chi connectivity index (χ1) is 4.75. The smallest absolute Gasteiger partial charge is 0.00696 e. The van der Waals surface area contributed by atoms with Crippen molar-refractivity contribution in [3.05, 3.63) is 0 Å². The highest BCUT2D eigenvalue weighted by atomic mass is 15.2. The molecular formula is C9H19N. The first kappa shape index (κ1) is 8.06. The summed E-state index contributed by atoms with van der Waals surface area (Å²) in [5.74, 6) is 0. The maximum atomic E-state index is 2.60. The fraction of sp³-hybridized carbons (Fsp3) is 1.00. The fourth-order valence-electron chi connectivity index (χ4n) is 2.10. The number of nitrogens with zero attached hydrogens (tertiary/aromatic N) is 1. The van der Waals surface area contributed by atoms with Gasteiger partial charge >= 0.3 is 0 Å². The van der Waals surface area contributed by atoms with Gasteiger partial charge in [0, 0.05) is 12.1 Å². The van der Waals surface area contributed by atoms with Crippen molar-refractivity contribution in [2.75, 3.05) is 6.54 Å². The maximum Gasteiger partial charge on any atom is 0.00696 e.